The van der Waals surface area contributed by atoms with Crippen LogP contribution in [0.1, 0.15) is 20.8 Å². The van der Waals surface area contributed by atoms with Gasteiger partial charge in [0.25, 0.3) is 0 Å². The van der Waals surface area contributed by atoms with E-state index in [2.05, 4.69) is 0 Å². The van der Waals surface area contributed by atoms with Gasteiger partial charge < -0.3 is 0 Å². The first kappa shape index (κ1) is 12.4. The molecule has 0 fully saturated rings. The summed E-state index contributed by atoms with van der Waals surface area (Å²) in [4.78, 5) is 0. The number of rotatable bonds is 3. The molecule has 13 heavy (non-hydrogen) atoms. The van der Waals surface area contributed by atoms with Crippen LogP contribution >= 0.6 is 0 Å². The van der Waals surface area contributed by atoms with Crippen molar-refractivity contribution >= 4 is 10.0 Å². The second-order valence-electron chi connectivity index (χ2n) is 4.23. The highest BCUT2D eigenvalue weighted by Crippen LogP contribution is 2.16. The molecule has 0 unspecified atom stereocenters. The highest BCUT2D eigenvalue weighted by atomic mass is 32.2. The van der Waals surface area contributed by atoms with Crippen LogP contribution in [-0.2, 0) is 10.0 Å². The van der Waals surface area contributed by atoms with Gasteiger partial charge in [-0.05, 0) is 5.41 Å². The molecule has 0 aromatic heterocycles. The van der Waals surface area contributed by atoms with E-state index in [1.807, 2.05) is 20.8 Å². The number of nitrogens with zero attached hydrogens (tertiary/aromatic N) is 2. The lowest BCUT2D eigenvalue weighted by molar-refractivity contribution is 0.311. The van der Waals surface area contributed by atoms with Gasteiger partial charge in [0.05, 0.1) is 6.07 Å². The first-order valence-corrected chi connectivity index (χ1v) is 5.61. The quantitative estimate of drug-likeness (QED) is 0.683. The number of nitriles is 1. The number of hydrogen-bond donors (Lipinski definition) is 0. The first-order chi connectivity index (χ1) is 5.69. The molecule has 0 saturated carbocycles. The molecule has 0 spiro atoms. The topological polar surface area (TPSA) is 61.2 Å². The van der Waals surface area contributed by atoms with Crippen molar-refractivity contribution in [2.24, 2.45) is 5.41 Å². The summed E-state index contributed by atoms with van der Waals surface area (Å²) in [6, 6.07) is 1.65. The van der Waals surface area contributed by atoms with Crippen LogP contribution in [0.4, 0.5) is 0 Å². The van der Waals surface area contributed by atoms with Crippen molar-refractivity contribution < 1.29 is 8.42 Å². The standard InChI is InChI=1S/C8H16N2O2S/c1-8(2,3)7-10(4)13(11,12)6-5-9/h6-7H2,1-4H3. The zero-order valence-corrected chi connectivity index (χ0v) is 9.35. The Morgan fingerprint density at radius 3 is 2.15 bits per heavy atom. The Morgan fingerprint density at radius 1 is 1.38 bits per heavy atom. The molecule has 0 aliphatic carbocycles. The molecule has 76 valence electrons. The Morgan fingerprint density at radius 2 is 1.85 bits per heavy atom. The van der Waals surface area contributed by atoms with Crippen molar-refractivity contribution in [2.45, 2.75) is 20.8 Å². The summed E-state index contributed by atoms with van der Waals surface area (Å²) < 4.78 is 23.9. The van der Waals surface area contributed by atoms with E-state index in [0.29, 0.717) is 6.54 Å². The molecule has 0 radical (unpaired) electrons. The second-order valence-corrected chi connectivity index (χ2v) is 6.31. The zero-order valence-electron chi connectivity index (χ0n) is 8.53. The SMILES string of the molecule is CN(CC(C)(C)C)S(=O)(=O)CC#N. The molecule has 0 aromatic rings. The van der Waals surface area contributed by atoms with Crippen LogP contribution in [0.3, 0.4) is 0 Å². The summed E-state index contributed by atoms with van der Waals surface area (Å²) in [5.74, 6) is -0.445. The number of hydrogen-bond acceptors (Lipinski definition) is 3. The van der Waals surface area contributed by atoms with Gasteiger partial charge in [0, 0.05) is 13.6 Å². The van der Waals surface area contributed by atoms with E-state index >= 15 is 0 Å². The molecule has 0 rings (SSSR count). The van der Waals surface area contributed by atoms with Crippen LogP contribution in [0, 0.1) is 16.7 Å². The van der Waals surface area contributed by atoms with Gasteiger partial charge in [0.15, 0.2) is 5.75 Å². The fourth-order valence-electron chi connectivity index (χ4n) is 0.958. The van der Waals surface area contributed by atoms with Crippen LogP contribution in [0.2, 0.25) is 0 Å². The second kappa shape index (κ2) is 4.07. The van der Waals surface area contributed by atoms with E-state index in [4.69, 9.17) is 5.26 Å². The van der Waals surface area contributed by atoms with Gasteiger partial charge in [-0.3, -0.25) is 0 Å². The summed E-state index contributed by atoms with van der Waals surface area (Å²) in [5, 5.41) is 8.29. The summed E-state index contributed by atoms with van der Waals surface area (Å²) in [6.45, 7) is 6.28. The summed E-state index contributed by atoms with van der Waals surface area (Å²) >= 11 is 0. The maximum Gasteiger partial charge on any atom is 0.227 e. The minimum atomic E-state index is -3.37. The van der Waals surface area contributed by atoms with Crippen molar-refractivity contribution in [1.82, 2.24) is 4.31 Å². The van der Waals surface area contributed by atoms with Gasteiger partial charge in [-0.25, -0.2) is 12.7 Å². The lowest BCUT2D eigenvalue weighted by atomic mass is 9.97. The molecule has 0 saturated heterocycles. The first-order valence-electron chi connectivity index (χ1n) is 4.00. The van der Waals surface area contributed by atoms with Gasteiger partial charge in [-0.15, -0.1) is 0 Å². The largest absolute Gasteiger partial charge is 0.227 e. The van der Waals surface area contributed by atoms with Crippen LogP contribution in [-0.4, -0.2) is 32.1 Å². The molecule has 0 aliphatic heterocycles. The van der Waals surface area contributed by atoms with Gasteiger partial charge >= 0.3 is 0 Å². The Kier molecular flexibility index (Phi) is 3.88. The zero-order chi connectivity index (χ0) is 10.7. The van der Waals surface area contributed by atoms with Gasteiger partial charge in [0.1, 0.15) is 0 Å². The van der Waals surface area contributed by atoms with Crippen molar-refractivity contribution in [3.05, 3.63) is 0 Å². The van der Waals surface area contributed by atoms with Gasteiger partial charge in [-0.1, -0.05) is 20.8 Å². The van der Waals surface area contributed by atoms with Crippen LogP contribution in [0.25, 0.3) is 0 Å². The van der Waals surface area contributed by atoms with E-state index in [1.54, 1.807) is 6.07 Å². The molecule has 4 nitrogen and oxygen atoms in total. The maximum absolute atomic E-state index is 11.3. The molecular formula is C8H16N2O2S. The lowest BCUT2D eigenvalue weighted by Gasteiger charge is -2.25. The Labute approximate surface area is 80.2 Å². The highest BCUT2D eigenvalue weighted by molar-refractivity contribution is 7.89. The summed E-state index contributed by atoms with van der Waals surface area (Å²) in [6.07, 6.45) is 0. The van der Waals surface area contributed by atoms with E-state index < -0.39 is 15.8 Å². The van der Waals surface area contributed by atoms with E-state index in [1.165, 1.54) is 11.4 Å². The molecule has 0 heterocycles. The van der Waals surface area contributed by atoms with Gasteiger partial charge in [0.2, 0.25) is 10.0 Å². The molecule has 0 bridgehead atoms. The average molecular weight is 204 g/mol. The van der Waals surface area contributed by atoms with E-state index in [0.717, 1.165) is 0 Å². The fourth-order valence-corrected chi connectivity index (χ4v) is 1.93. The lowest BCUT2D eigenvalue weighted by Crippen LogP contribution is -2.35. The third-order valence-corrected chi connectivity index (χ3v) is 2.99. The average Bonchev–Trinajstić information content (AvgIpc) is 1.82. The van der Waals surface area contributed by atoms with Crippen molar-refractivity contribution in [3.63, 3.8) is 0 Å². The minimum Gasteiger partial charge on any atom is -0.211 e. The summed E-state index contributed by atoms with van der Waals surface area (Å²) in [7, 11) is -1.87. The van der Waals surface area contributed by atoms with Crippen molar-refractivity contribution in [2.75, 3.05) is 19.3 Å². The maximum atomic E-state index is 11.3. The molecule has 0 N–H and O–H groups in total. The minimum absolute atomic E-state index is 0.0860. The van der Waals surface area contributed by atoms with Gasteiger partial charge in [-0.2, -0.15) is 5.26 Å². The molecule has 0 aliphatic rings. The van der Waals surface area contributed by atoms with Crippen molar-refractivity contribution in [1.29, 1.82) is 5.26 Å². The normalized spacial score (nSPS) is 12.9. The van der Waals surface area contributed by atoms with E-state index in [9.17, 15) is 8.42 Å². The van der Waals surface area contributed by atoms with Crippen molar-refractivity contribution in [3.8, 4) is 6.07 Å². The molecule has 5 heteroatoms. The third kappa shape index (κ3) is 4.86. The monoisotopic (exact) mass is 204 g/mol. The highest BCUT2D eigenvalue weighted by Gasteiger charge is 2.22. The molecular weight excluding hydrogens is 188 g/mol. The predicted octanol–water partition coefficient (Wildman–Crippen LogP) is 0.818. The molecule has 0 atom stereocenters. The molecule has 0 amide bonds. The Balaban J connectivity index is 4.46. The fraction of sp³-hybridized carbons (Fsp3) is 0.875. The molecule has 0 aromatic carbocycles. The number of sulfonamides is 1. The Hall–Kier alpha value is -0.600. The smallest absolute Gasteiger partial charge is 0.211 e. The predicted molar refractivity (Wildman–Crippen MR) is 51.5 cm³/mol. The third-order valence-electron chi connectivity index (χ3n) is 1.42. The van der Waals surface area contributed by atoms with E-state index in [-0.39, 0.29) is 5.41 Å². The van der Waals surface area contributed by atoms with Crippen LogP contribution < -0.4 is 0 Å². The van der Waals surface area contributed by atoms with Crippen LogP contribution in [0.5, 0.6) is 0 Å². The Bertz CT molecular complexity index is 295. The van der Waals surface area contributed by atoms with Crippen LogP contribution in [0.15, 0.2) is 0 Å². The summed E-state index contributed by atoms with van der Waals surface area (Å²) in [5.41, 5.74) is -0.0860.